The summed E-state index contributed by atoms with van der Waals surface area (Å²) in [6.45, 7) is -0.120. The lowest BCUT2D eigenvalue weighted by Crippen LogP contribution is -2.47. The van der Waals surface area contributed by atoms with E-state index in [-0.39, 0.29) is 6.54 Å². The molecule has 0 heterocycles. The van der Waals surface area contributed by atoms with E-state index in [2.05, 4.69) is 0 Å². The zero-order valence-electron chi connectivity index (χ0n) is 5.96. The minimum atomic E-state index is -3.76. The van der Waals surface area contributed by atoms with Gasteiger partial charge in [-0.2, -0.15) is 8.78 Å². The lowest BCUT2D eigenvalue weighted by atomic mass is 10.6. The Labute approximate surface area is 62.0 Å². The Morgan fingerprint density at radius 2 is 2.09 bits per heavy atom. The molecular weight excluding hydrogens is 161 g/mol. The smallest absolute Gasteiger partial charge is 0.338 e. The molecular formula is C5H9F3N2O. The van der Waals surface area contributed by atoms with Gasteiger partial charge in [-0.25, -0.2) is 9.18 Å². The van der Waals surface area contributed by atoms with Crippen molar-refractivity contribution in [3.05, 3.63) is 0 Å². The Morgan fingerprint density at radius 3 is 2.45 bits per heavy atom. The van der Waals surface area contributed by atoms with Crippen LogP contribution in [0.4, 0.5) is 18.0 Å². The molecule has 2 amide bonds. The molecule has 0 aromatic heterocycles. The van der Waals surface area contributed by atoms with Gasteiger partial charge in [0.2, 0.25) is 0 Å². The highest BCUT2D eigenvalue weighted by Gasteiger charge is 2.30. The first-order valence-corrected chi connectivity index (χ1v) is 3.01. The fourth-order valence-electron chi connectivity index (χ4n) is 0.404. The van der Waals surface area contributed by atoms with Crippen LogP contribution in [0.25, 0.3) is 0 Å². The normalized spacial score (nSPS) is 10.9. The van der Waals surface area contributed by atoms with Crippen LogP contribution in [0, 0.1) is 0 Å². The minimum absolute atomic E-state index is 0.216. The fraction of sp³-hybridized carbons (Fsp3) is 0.800. The summed E-state index contributed by atoms with van der Waals surface area (Å²) in [4.78, 5) is 10.3. The van der Waals surface area contributed by atoms with Crippen molar-refractivity contribution in [1.29, 1.82) is 0 Å². The molecule has 0 unspecified atom stereocenters. The number of halogens is 3. The van der Waals surface area contributed by atoms with Gasteiger partial charge in [0.15, 0.2) is 6.67 Å². The lowest BCUT2D eigenvalue weighted by Gasteiger charge is -2.13. The first-order valence-electron chi connectivity index (χ1n) is 3.01. The SMILES string of the molecule is CCNC(=O)NC(F)(F)CF. The molecule has 2 N–H and O–H groups in total. The summed E-state index contributed by atoms with van der Waals surface area (Å²) in [7, 11) is 0. The molecule has 0 radical (unpaired) electrons. The van der Waals surface area contributed by atoms with E-state index in [9.17, 15) is 18.0 Å². The Kier molecular flexibility index (Phi) is 3.70. The van der Waals surface area contributed by atoms with Crippen LogP contribution in [0.15, 0.2) is 0 Å². The van der Waals surface area contributed by atoms with Crippen molar-refractivity contribution in [2.24, 2.45) is 0 Å². The quantitative estimate of drug-likeness (QED) is 0.606. The van der Waals surface area contributed by atoms with E-state index in [0.717, 1.165) is 5.32 Å². The third kappa shape index (κ3) is 4.46. The first kappa shape index (κ1) is 10.1. The number of rotatable bonds is 3. The van der Waals surface area contributed by atoms with Crippen molar-refractivity contribution >= 4 is 6.03 Å². The Hall–Kier alpha value is -0.940. The Balaban J connectivity index is 3.74. The summed E-state index contributed by atoms with van der Waals surface area (Å²) in [6, 6.07) is -4.84. The van der Waals surface area contributed by atoms with Crippen LogP contribution in [0.1, 0.15) is 6.92 Å². The highest BCUT2D eigenvalue weighted by atomic mass is 19.3. The molecule has 0 rings (SSSR count). The number of nitrogens with one attached hydrogen (secondary N) is 2. The second-order valence-electron chi connectivity index (χ2n) is 1.82. The van der Waals surface area contributed by atoms with E-state index >= 15 is 0 Å². The number of hydrogen-bond acceptors (Lipinski definition) is 1. The molecule has 0 aromatic carbocycles. The number of carbonyl (C=O) groups excluding carboxylic acids is 1. The van der Waals surface area contributed by atoms with Gasteiger partial charge in [-0.3, -0.25) is 5.32 Å². The summed E-state index contributed by atoms with van der Waals surface area (Å²) in [5.41, 5.74) is 0. The van der Waals surface area contributed by atoms with Crippen LogP contribution < -0.4 is 10.6 Å². The topological polar surface area (TPSA) is 41.1 Å². The zero-order chi connectivity index (χ0) is 8.91. The van der Waals surface area contributed by atoms with Crippen molar-refractivity contribution in [2.75, 3.05) is 13.2 Å². The molecule has 66 valence electrons. The zero-order valence-corrected chi connectivity index (χ0v) is 5.96. The molecule has 6 heteroatoms. The van der Waals surface area contributed by atoms with Gasteiger partial charge in [0, 0.05) is 6.54 Å². The predicted molar refractivity (Wildman–Crippen MR) is 33.1 cm³/mol. The number of hydrogen-bond donors (Lipinski definition) is 2. The molecule has 0 bridgehead atoms. The third-order valence-electron chi connectivity index (χ3n) is 0.802. The molecule has 0 fully saturated rings. The van der Waals surface area contributed by atoms with Gasteiger partial charge >= 0.3 is 12.1 Å². The molecule has 3 nitrogen and oxygen atoms in total. The van der Waals surface area contributed by atoms with Gasteiger partial charge in [-0.05, 0) is 6.92 Å². The fourth-order valence-corrected chi connectivity index (χ4v) is 0.404. The van der Waals surface area contributed by atoms with Crippen LogP contribution >= 0.6 is 0 Å². The molecule has 0 aliphatic heterocycles. The monoisotopic (exact) mass is 170 g/mol. The first-order chi connectivity index (χ1) is 5.02. The maximum absolute atomic E-state index is 12.0. The van der Waals surface area contributed by atoms with E-state index in [1.165, 1.54) is 0 Å². The van der Waals surface area contributed by atoms with Crippen molar-refractivity contribution in [1.82, 2.24) is 10.6 Å². The standard InChI is InChI=1S/C5H9F3N2O/c1-2-9-4(11)10-5(7,8)3-6/h2-3H2,1H3,(H2,9,10,11). The third-order valence-corrected chi connectivity index (χ3v) is 0.802. The molecule has 0 saturated heterocycles. The van der Waals surface area contributed by atoms with Crippen molar-refractivity contribution in [2.45, 2.75) is 13.0 Å². The molecule has 0 aliphatic carbocycles. The largest absolute Gasteiger partial charge is 0.354 e. The van der Waals surface area contributed by atoms with Crippen LogP contribution in [-0.4, -0.2) is 25.3 Å². The Morgan fingerprint density at radius 1 is 1.55 bits per heavy atom. The second-order valence-corrected chi connectivity index (χ2v) is 1.82. The molecule has 11 heavy (non-hydrogen) atoms. The Bertz CT molecular complexity index is 140. The van der Waals surface area contributed by atoms with E-state index in [0.29, 0.717) is 0 Å². The van der Waals surface area contributed by atoms with Gasteiger partial charge in [0.05, 0.1) is 0 Å². The number of amides is 2. The number of carbonyl (C=O) groups is 1. The maximum Gasteiger partial charge on any atom is 0.354 e. The second kappa shape index (κ2) is 4.05. The van der Waals surface area contributed by atoms with Gasteiger partial charge < -0.3 is 5.32 Å². The number of alkyl halides is 3. The van der Waals surface area contributed by atoms with Gasteiger partial charge in [-0.15, -0.1) is 0 Å². The summed E-state index contributed by atoms with van der Waals surface area (Å²) in [5, 5.41) is 3.19. The highest BCUT2D eigenvalue weighted by Crippen LogP contribution is 2.08. The summed E-state index contributed by atoms with van der Waals surface area (Å²) < 4.78 is 35.3. The minimum Gasteiger partial charge on any atom is -0.338 e. The van der Waals surface area contributed by atoms with Gasteiger partial charge in [-0.1, -0.05) is 0 Å². The molecule has 0 atom stereocenters. The van der Waals surface area contributed by atoms with Crippen LogP contribution in [0.2, 0.25) is 0 Å². The highest BCUT2D eigenvalue weighted by molar-refractivity contribution is 5.74. The molecule has 0 aliphatic rings. The van der Waals surface area contributed by atoms with Crippen molar-refractivity contribution in [3.63, 3.8) is 0 Å². The van der Waals surface area contributed by atoms with Crippen LogP contribution in [-0.2, 0) is 0 Å². The number of urea groups is 1. The van der Waals surface area contributed by atoms with E-state index in [4.69, 9.17) is 0 Å². The van der Waals surface area contributed by atoms with Crippen LogP contribution in [0.5, 0.6) is 0 Å². The lowest BCUT2D eigenvalue weighted by molar-refractivity contribution is -0.0428. The van der Waals surface area contributed by atoms with Crippen LogP contribution in [0.3, 0.4) is 0 Å². The predicted octanol–water partition coefficient (Wildman–Crippen LogP) is 0.868. The molecule has 0 aromatic rings. The van der Waals surface area contributed by atoms with E-state index in [1.54, 1.807) is 6.92 Å². The average Bonchev–Trinajstić information content (AvgIpc) is 1.87. The van der Waals surface area contributed by atoms with Gasteiger partial charge in [0.1, 0.15) is 0 Å². The average molecular weight is 170 g/mol. The van der Waals surface area contributed by atoms with Crippen molar-refractivity contribution < 1.29 is 18.0 Å². The molecule has 0 spiro atoms. The maximum atomic E-state index is 12.0. The van der Waals surface area contributed by atoms with E-state index < -0.39 is 18.8 Å². The summed E-state index contributed by atoms with van der Waals surface area (Å²) in [5.74, 6) is 0. The molecule has 0 saturated carbocycles. The van der Waals surface area contributed by atoms with E-state index in [1.807, 2.05) is 5.32 Å². The summed E-state index contributed by atoms with van der Waals surface area (Å²) in [6.07, 6.45) is 0. The van der Waals surface area contributed by atoms with Crippen molar-refractivity contribution in [3.8, 4) is 0 Å². The summed E-state index contributed by atoms with van der Waals surface area (Å²) >= 11 is 0. The van der Waals surface area contributed by atoms with Gasteiger partial charge in [0.25, 0.3) is 0 Å².